The van der Waals surface area contributed by atoms with Gasteiger partial charge in [-0.25, -0.2) is 0 Å². The Morgan fingerprint density at radius 3 is 2.33 bits per heavy atom. The molecular formula is C12H14F3NOS. The zero-order chi connectivity index (χ0) is 13.2. The summed E-state index contributed by atoms with van der Waals surface area (Å²) in [5.74, 6) is 0. The molecule has 1 aliphatic rings. The largest absolute Gasteiger partial charge is 0.446 e. The lowest BCUT2D eigenvalue weighted by molar-refractivity contribution is -0.0328. The number of rotatable bonds is 4. The highest BCUT2D eigenvalue weighted by atomic mass is 32.2. The standard InChI is InChI=1S/C12H14F3NOS/c13-12(14,15)18-11-3-1-8(2-4-11)7-16-9-5-10(17)6-9/h1-4,9-10,16-17H,5-7H2. The van der Waals surface area contributed by atoms with Crippen LogP contribution in [0.3, 0.4) is 0 Å². The number of aliphatic hydroxyl groups is 1. The molecule has 1 aromatic carbocycles. The van der Waals surface area contributed by atoms with Crippen molar-refractivity contribution in [2.45, 2.75) is 41.9 Å². The van der Waals surface area contributed by atoms with Gasteiger partial charge >= 0.3 is 5.51 Å². The highest BCUT2D eigenvalue weighted by Gasteiger charge is 2.29. The lowest BCUT2D eigenvalue weighted by atomic mass is 9.89. The van der Waals surface area contributed by atoms with Crippen LogP contribution in [0.15, 0.2) is 29.2 Å². The zero-order valence-corrected chi connectivity index (χ0v) is 10.4. The molecule has 0 unspecified atom stereocenters. The van der Waals surface area contributed by atoms with E-state index in [0.29, 0.717) is 12.6 Å². The third-order valence-electron chi connectivity index (χ3n) is 2.86. The summed E-state index contributed by atoms with van der Waals surface area (Å²) in [6.07, 6.45) is 1.30. The SMILES string of the molecule is OC1CC(NCc2ccc(SC(F)(F)F)cc2)C1. The van der Waals surface area contributed by atoms with Crippen molar-refractivity contribution in [2.24, 2.45) is 0 Å². The summed E-state index contributed by atoms with van der Waals surface area (Å²) < 4.78 is 36.3. The molecule has 0 radical (unpaired) electrons. The molecule has 6 heteroatoms. The van der Waals surface area contributed by atoms with Crippen molar-refractivity contribution in [1.29, 1.82) is 0 Å². The van der Waals surface area contributed by atoms with E-state index < -0.39 is 5.51 Å². The van der Waals surface area contributed by atoms with Crippen molar-refractivity contribution in [3.05, 3.63) is 29.8 Å². The van der Waals surface area contributed by atoms with Crippen molar-refractivity contribution in [3.63, 3.8) is 0 Å². The van der Waals surface area contributed by atoms with E-state index in [1.807, 2.05) is 0 Å². The number of thioether (sulfide) groups is 1. The second-order valence-electron chi connectivity index (χ2n) is 4.39. The molecule has 0 saturated heterocycles. The highest BCUT2D eigenvalue weighted by Crippen LogP contribution is 2.36. The predicted octanol–water partition coefficient (Wildman–Crippen LogP) is 2.91. The van der Waals surface area contributed by atoms with Crippen molar-refractivity contribution in [3.8, 4) is 0 Å². The minimum atomic E-state index is -4.23. The number of alkyl halides is 3. The minimum Gasteiger partial charge on any atom is -0.393 e. The molecule has 1 aromatic rings. The molecular weight excluding hydrogens is 263 g/mol. The van der Waals surface area contributed by atoms with Crippen molar-refractivity contribution in [2.75, 3.05) is 0 Å². The van der Waals surface area contributed by atoms with Crippen LogP contribution in [-0.4, -0.2) is 22.8 Å². The van der Waals surface area contributed by atoms with E-state index in [1.165, 1.54) is 12.1 Å². The van der Waals surface area contributed by atoms with Crippen LogP contribution in [0.1, 0.15) is 18.4 Å². The second-order valence-corrected chi connectivity index (χ2v) is 5.53. The molecule has 1 aliphatic carbocycles. The van der Waals surface area contributed by atoms with Gasteiger partial charge in [0.15, 0.2) is 0 Å². The maximum atomic E-state index is 12.1. The molecule has 0 spiro atoms. The lowest BCUT2D eigenvalue weighted by Gasteiger charge is -2.32. The Bertz CT molecular complexity index is 387. The highest BCUT2D eigenvalue weighted by molar-refractivity contribution is 8.00. The van der Waals surface area contributed by atoms with Gasteiger partial charge in [-0.05, 0) is 42.3 Å². The van der Waals surface area contributed by atoms with Gasteiger partial charge in [0.05, 0.1) is 6.10 Å². The van der Waals surface area contributed by atoms with E-state index >= 15 is 0 Å². The predicted molar refractivity (Wildman–Crippen MR) is 64.2 cm³/mol. The molecule has 0 aromatic heterocycles. The van der Waals surface area contributed by atoms with Crippen LogP contribution in [0.4, 0.5) is 13.2 Å². The minimum absolute atomic E-state index is 0.104. The molecule has 0 aliphatic heterocycles. The van der Waals surface area contributed by atoms with Crippen LogP contribution in [0.25, 0.3) is 0 Å². The summed E-state index contributed by atoms with van der Waals surface area (Å²) in [6, 6.07) is 6.66. The first-order chi connectivity index (χ1) is 8.42. The summed E-state index contributed by atoms with van der Waals surface area (Å²) in [5.41, 5.74) is -3.29. The van der Waals surface area contributed by atoms with Crippen molar-refractivity contribution >= 4 is 11.8 Å². The number of aliphatic hydroxyl groups excluding tert-OH is 1. The third-order valence-corrected chi connectivity index (χ3v) is 3.60. The first-order valence-corrected chi connectivity index (χ1v) is 6.50. The quantitative estimate of drug-likeness (QED) is 0.830. The monoisotopic (exact) mass is 277 g/mol. The Hall–Kier alpha value is -0.720. The molecule has 100 valence electrons. The first-order valence-electron chi connectivity index (χ1n) is 5.68. The summed E-state index contributed by atoms with van der Waals surface area (Å²) >= 11 is -0.104. The van der Waals surface area contributed by atoms with E-state index in [0.717, 1.165) is 18.4 Å². The van der Waals surface area contributed by atoms with Crippen LogP contribution >= 0.6 is 11.8 Å². The van der Waals surface area contributed by atoms with Gasteiger partial charge in [-0.1, -0.05) is 12.1 Å². The summed E-state index contributed by atoms with van der Waals surface area (Å²) in [4.78, 5) is 0.199. The first kappa shape index (κ1) is 13.7. The summed E-state index contributed by atoms with van der Waals surface area (Å²) in [7, 11) is 0. The smallest absolute Gasteiger partial charge is 0.393 e. The van der Waals surface area contributed by atoms with Crippen LogP contribution in [-0.2, 0) is 6.54 Å². The maximum absolute atomic E-state index is 12.1. The van der Waals surface area contributed by atoms with Crippen LogP contribution in [0.2, 0.25) is 0 Å². The third kappa shape index (κ3) is 4.19. The van der Waals surface area contributed by atoms with E-state index in [2.05, 4.69) is 5.32 Å². The van der Waals surface area contributed by atoms with E-state index in [9.17, 15) is 13.2 Å². The molecule has 1 fully saturated rings. The Labute approximate surface area is 108 Å². The van der Waals surface area contributed by atoms with Crippen molar-refractivity contribution in [1.82, 2.24) is 5.32 Å². The van der Waals surface area contributed by atoms with Crippen LogP contribution < -0.4 is 5.32 Å². The van der Waals surface area contributed by atoms with Crippen molar-refractivity contribution < 1.29 is 18.3 Å². The van der Waals surface area contributed by atoms with Gasteiger partial charge in [-0.15, -0.1) is 0 Å². The molecule has 18 heavy (non-hydrogen) atoms. The normalized spacial score (nSPS) is 23.8. The van der Waals surface area contributed by atoms with E-state index in [1.54, 1.807) is 12.1 Å². The molecule has 0 heterocycles. The fourth-order valence-corrected chi connectivity index (χ4v) is 2.37. The second kappa shape index (κ2) is 5.50. The zero-order valence-electron chi connectivity index (χ0n) is 9.57. The average molecular weight is 277 g/mol. The molecule has 2 rings (SSSR count). The Morgan fingerprint density at radius 1 is 1.22 bits per heavy atom. The van der Waals surface area contributed by atoms with E-state index in [4.69, 9.17) is 5.11 Å². The number of nitrogens with one attached hydrogen (secondary N) is 1. The fraction of sp³-hybridized carbons (Fsp3) is 0.500. The molecule has 2 N–H and O–H groups in total. The van der Waals surface area contributed by atoms with Gasteiger partial charge in [-0.3, -0.25) is 0 Å². The lowest BCUT2D eigenvalue weighted by Crippen LogP contribution is -2.43. The topological polar surface area (TPSA) is 32.3 Å². The van der Waals surface area contributed by atoms with Crippen LogP contribution in [0.5, 0.6) is 0 Å². The molecule has 0 amide bonds. The van der Waals surface area contributed by atoms with Gasteiger partial charge in [0, 0.05) is 17.5 Å². The fourth-order valence-electron chi connectivity index (χ4n) is 1.83. The molecule has 1 saturated carbocycles. The average Bonchev–Trinajstić information content (AvgIpc) is 2.23. The molecule has 2 nitrogen and oxygen atoms in total. The van der Waals surface area contributed by atoms with Gasteiger partial charge in [-0.2, -0.15) is 13.2 Å². The maximum Gasteiger partial charge on any atom is 0.446 e. The molecule has 0 atom stereocenters. The number of benzene rings is 1. The summed E-state index contributed by atoms with van der Waals surface area (Å²) in [6.45, 7) is 0.619. The Kier molecular flexibility index (Phi) is 4.19. The summed E-state index contributed by atoms with van der Waals surface area (Å²) in [5, 5.41) is 12.4. The van der Waals surface area contributed by atoms with Gasteiger partial charge < -0.3 is 10.4 Å². The van der Waals surface area contributed by atoms with Gasteiger partial charge in [0.2, 0.25) is 0 Å². The number of hydrogen-bond donors (Lipinski definition) is 2. The van der Waals surface area contributed by atoms with E-state index in [-0.39, 0.29) is 22.8 Å². The Morgan fingerprint density at radius 2 is 1.83 bits per heavy atom. The van der Waals surface area contributed by atoms with Crippen LogP contribution in [0, 0.1) is 0 Å². The number of halogens is 3. The van der Waals surface area contributed by atoms with Gasteiger partial charge in [0.1, 0.15) is 0 Å². The molecule has 0 bridgehead atoms. The Balaban J connectivity index is 1.80. The van der Waals surface area contributed by atoms with Gasteiger partial charge in [0.25, 0.3) is 0 Å². The number of hydrogen-bond acceptors (Lipinski definition) is 3.